The molecule has 1 heterocycles. The summed E-state index contributed by atoms with van der Waals surface area (Å²) in [6.45, 7) is 0. The summed E-state index contributed by atoms with van der Waals surface area (Å²) in [6, 6.07) is 45.2. The molecule has 0 spiro atoms. The molecule has 6 aromatic rings. The molecule has 5 aromatic carbocycles. The topological polar surface area (TPSA) is 4.93 Å². The molecule has 0 saturated carbocycles. The zero-order chi connectivity index (χ0) is 22.0. The summed E-state index contributed by atoms with van der Waals surface area (Å²) in [5.41, 5.74) is 8.48. The molecular formula is C32H23N. The second-order valence-electron chi connectivity index (χ2n) is 8.25. The third-order valence-electron chi connectivity index (χ3n) is 6.21. The Balaban J connectivity index is 1.49. The van der Waals surface area contributed by atoms with Gasteiger partial charge in [-0.25, -0.2) is 0 Å². The monoisotopic (exact) mass is 421 g/mol. The van der Waals surface area contributed by atoms with Crippen LogP contribution in [-0.2, 0) is 0 Å². The maximum absolute atomic E-state index is 2.37. The molecule has 0 atom stereocenters. The first-order valence-corrected chi connectivity index (χ1v) is 11.3. The van der Waals surface area contributed by atoms with E-state index in [9.17, 15) is 0 Å². The first kappa shape index (κ1) is 19.3. The van der Waals surface area contributed by atoms with Crippen molar-refractivity contribution in [3.05, 3.63) is 139 Å². The number of aromatic nitrogens is 1. The Hall–Kier alpha value is -4.36. The van der Waals surface area contributed by atoms with Crippen LogP contribution in [0, 0.1) is 0 Å². The van der Waals surface area contributed by atoms with Gasteiger partial charge in [-0.3, -0.25) is 0 Å². The van der Waals surface area contributed by atoms with Gasteiger partial charge in [-0.2, -0.15) is 0 Å². The molecule has 0 N–H and O–H groups in total. The highest BCUT2D eigenvalue weighted by Gasteiger charge is 2.12. The molecule has 0 amide bonds. The van der Waals surface area contributed by atoms with Crippen LogP contribution in [0.4, 0.5) is 0 Å². The summed E-state index contributed by atoms with van der Waals surface area (Å²) < 4.78 is 2.37. The Morgan fingerprint density at radius 3 is 1.88 bits per heavy atom. The molecule has 0 aliphatic heterocycles. The van der Waals surface area contributed by atoms with E-state index in [2.05, 4.69) is 138 Å². The van der Waals surface area contributed by atoms with Crippen LogP contribution in [-0.4, -0.2) is 4.57 Å². The highest BCUT2D eigenvalue weighted by Crippen LogP contribution is 2.34. The van der Waals surface area contributed by atoms with Crippen LogP contribution < -0.4 is 0 Å². The van der Waals surface area contributed by atoms with Gasteiger partial charge in [-0.1, -0.05) is 115 Å². The summed E-state index contributed by atoms with van der Waals surface area (Å²) in [4.78, 5) is 0. The minimum Gasteiger partial charge on any atom is -0.309 e. The minimum absolute atomic E-state index is 1.17. The van der Waals surface area contributed by atoms with Gasteiger partial charge in [0.05, 0.1) is 11.0 Å². The van der Waals surface area contributed by atoms with Crippen molar-refractivity contribution in [3.63, 3.8) is 0 Å². The van der Waals surface area contributed by atoms with Gasteiger partial charge in [0.15, 0.2) is 0 Å². The second-order valence-corrected chi connectivity index (χ2v) is 8.25. The van der Waals surface area contributed by atoms with Gasteiger partial charge in [0.25, 0.3) is 0 Å². The Labute approximate surface area is 193 Å². The Bertz CT molecular complexity index is 1550. The van der Waals surface area contributed by atoms with E-state index in [0.717, 1.165) is 0 Å². The maximum Gasteiger partial charge on any atom is 0.0541 e. The molecule has 6 rings (SSSR count). The highest BCUT2D eigenvalue weighted by atomic mass is 15.0. The first-order valence-electron chi connectivity index (χ1n) is 11.3. The predicted octanol–water partition coefficient (Wildman–Crippen LogP) is 8.62. The van der Waals surface area contributed by atoms with E-state index in [4.69, 9.17) is 0 Å². The van der Waals surface area contributed by atoms with Crippen LogP contribution in [0.25, 0.3) is 50.8 Å². The summed E-state index contributed by atoms with van der Waals surface area (Å²) in [7, 11) is 0. The largest absolute Gasteiger partial charge is 0.309 e. The fraction of sp³-hybridized carbons (Fsp3) is 0. The number of hydrogen-bond donors (Lipinski definition) is 0. The summed E-state index contributed by atoms with van der Waals surface area (Å²) in [5.74, 6) is 0. The lowest BCUT2D eigenvalue weighted by Crippen LogP contribution is -1.94. The van der Waals surface area contributed by atoms with Crippen molar-refractivity contribution in [2.75, 3.05) is 0 Å². The van der Waals surface area contributed by atoms with Crippen LogP contribution in [0.3, 0.4) is 0 Å². The Morgan fingerprint density at radius 1 is 0.485 bits per heavy atom. The van der Waals surface area contributed by atoms with Gasteiger partial charge in [-0.05, 0) is 46.5 Å². The third kappa shape index (κ3) is 3.54. The molecule has 33 heavy (non-hydrogen) atoms. The smallest absolute Gasteiger partial charge is 0.0541 e. The number of fused-ring (bicyclic) bond motifs is 3. The third-order valence-corrected chi connectivity index (χ3v) is 6.21. The summed E-state index contributed by atoms with van der Waals surface area (Å²) >= 11 is 0. The number of benzene rings is 5. The van der Waals surface area contributed by atoms with Crippen molar-refractivity contribution in [2.45, 2.75) is 0 Å². The van der Waals surface area contributed by atoms with E-state index in [-0.39, 0.29) is 0 Å². The average molecular weight is 422 g/mol. The fourth-order valence-electron chi connectivity index (χ4n) is 4.67. The molecule has 1 heteroatoms. The molecule has 0 aliphatic carbocycles. The van der Waals surface area contributed by atoms with Crippen LogP contribution in [0.2, 0.25) is 0 Å². The molecule has 0 saturated heterocycles. The summed E-state index contributed by atoms with van der Waals surface area (Å²) in [5, 5.41) is 2.56. The Kier molecular flexibility index (Phi) is 4.86. The molecular weight excluding hydrogens is 398 g/mol. The SMILES string of the molecule is C(=Cc1ccccc1-c1cccc(-n2c3ccccc3c3ccccc32)c1)c1ccccc1. The van der Waals surface area contributed by atoms with Crippen molar-refractivity contribution in [3.8, 4) is 16.8 Å². The quantitative estimate of drug-likeness (QED) is 0.251. The van der Waals surface area contributed by atoms with Gasteiger partial charge in [0.1, 0.15) is 0 Å². The normalized spacial score (nSPS) is 11.5. The maximum atomic E-state index is 2.37. The summed E-state index contributed by atoms with van der Waals surface area (Å²) in [6.07, 6.45) is 4.38. The number of para-hydroxylation sites is 2. The molecule has 0 bridgehead atoms. The number of nitrogens with zero attached hydrogens (tertiary/aromatic N) is 1. The highest BCUT2D eigenvalue weighted by molar-refractivity contribution is 6.09. The van der Waals surface area contributed by atoms with Crippen LogP contribution in [0.5, 0.6) is 0 Å². The van der Waals surface area contributed by atoms with Crippen LogP contribution in [0.15, 0.2) is 127 Å². The standard InChI is InChI=1S/C32H23N/c1-2-11-24(12-3-1)21-22-25-13-4-5-16-28(25)26-14-10-15-27(23-26)33-31-19-8-6-17-29(31)30-18-7-9-20-32(30)33/h1-23H. The van der Waals surface area contributed by atoms with Crippen LogP contribution >= 0.6 is 0 Å². The first-order chi connectivity index (χ1) is 16.4. The van der Waals surface area contributed by atoms with Gasteiger partial charge in [0.2, 0.25) is 0 Å². The molecule has 0 unspecified atom stereocenters. The van der Waals surface area contributed by atoms with Gasteiger partial charge in [0, 0.05) is 16.5 Å². The minimum atomic E-state index is 1.17. The number of rotatable bonds is 4. The van der Waals surface area contributed by atoms with E-state index in [1.807, 2.05) is 6.07 Å². The molecule has 156 valence electrons. The molecule has 1 aromatic heterocycles. The number of hydrogen-bond acceptors (Lipinski definition) is 0. The van der Waals surface area contributed by atoms with Gasteiger partial charge in [-0.15, -0.1) is 0 Å². The molecule has 0 radical (unpaired) electrons. The molecule has 0 fully saturated rings. The van der Waals surface area contributed by atoms with E-state index < -0.39 is 0 Å². The molecule has 0 aliphatic rings. The van der Waals surface area contributed by atoms with Crippen molar-refractivity contribution < 1.29 is 0 Å². The van der Waals surface area contributed by atoms with Crippen molar-refractivity contribution in [2.24, 2.45) is 0 Å². The Morgan fingerprint density at radius 2 is 1.12 bits per heavy atom. The zero-order valence-electron chi connectivity index (χ0n) is 18.2. The van der Waals surface area contributed by atoms with Crippen molar-refractivity contribution in [1.82, 2.24) is 4.57 Å². The molecule has 1 nitrogen and oxygen atoms in total. The van der Waals surface area contributed by atoms with Crippen molar-refractivity contribution >= 4 is 34.0 Å². The van der Waals surface area contributed by atoms with Gasteiger partial charge >= 0.3 is 0 Å². The predicted molar refractivity (Wildman–Crippen MR) is 142 cm³/mol. The van der Waals surface area contributed by atoms with E-state index in [1.165, 1.54) is 49.7 Å². The lowest BCUT2D eigenvalue weighted by Gasteiger charge is -2.12. The van der Waals surface area contributed by atoms with E-state index in [0.29, 0.717) is 0 Å². The van der Waals surface area contributed by atoms with Gasteiger partial charge < -0.3 is 4.57 Å². The lowest BCUT2D eigenvalue weighted by molar-refractivity contribution is 1.18. The van der Waals surface area contributed by atoms with E-state index >= 15 is 0 Å². The average Bonchev–Trinajstić information content (AvgIpc) is 3.23. The van der Waals surface area contributed by atoms with Crippen LogP contribution in [0.1, 0.15) is 11.1 Å². The lowest BCUT2D eigenvalue weighted by atomic mass is 9.98. The fourth-order valence-corrected chi connectivity index (χ4v) is 4.67. The second kappa shape index (κ2) is 8.29. The van der Waals surface area contributed by atoms with E-state index in [1.54, 1.807) is 0 Å². The van der Waals surface area contributed by atoms with Crippen molar-refractivity contribution in [1.29, 1.82) is 0 Å². The zero-order valence-corrected chi connectivity index (χ0v) is 18.2.